The van der Waals surface area contributed by atoms with Crippen LogP contribution in [-0.4, -0.2) is 73.9 Å². The summed E-state index contributed by atoms with van der Waals surface area (Å²) in [6.45, 7) is 0.684. The summed E-state index contributed by atoms with van der Waals surface area (Å²) >= 11 is 0. The minimum atomic E-state index is -1.26. The SMILES string of the molecule is COc1cc2c(cc1OC)N(C(=O)CCc1ccccc1)CC(N(C)C)C2.O=C(O)/C=C\C(=O)O. The summed E-state index contributed by atoms with van der Waals surface area (Å²) in [5.41, 5.74) is 3.23. The molecule has 2 N–H and O–H groups in total. The fraction of sp³-hybridized carbons (Fsp3) is 0.346. The van der Waals surface area contributed by atoms with Crippen molar-refractivity contribution in [2.24, 2.45) is 0 Å². The van der Waals surface area contributed by atoms with Gasteiger partial charge in [0.2, 0.25) is 5.91 Å². The Bertz CT molecular complexity index is 1040. The lowest BCUT2D eigenvalue weighted by Gasteiger charge is -2.38. The summed E-state index contributed by atoms with van der Waals surface area (Å²) in [4.78, 5) is 36.3. The Hall–Kier alpha value is -3.85. The Morgan fingerprint density at radius 2 is 1.57 bits per heavy atom. The number of carboxylic acids is 2. The highest BCUT2D eigenvalue weighted by Gasteiger charge is 2.31. The number of methoxy groups -OCH3 is 2. The molecule has 1 unspecified atom stereocenters. The summed E-state index contributed by atoms with van der Waals surface area (Å²) in [5, 5.41) is 15.6. The first kappa shape index (κ1) is 27.4. The quantitative estimate of drug-likeness (QED) is 0.550. The predicted molar refractivity (Wildman–Crippen MR) is 132 cm³/mol. The van der Waals surface area contributed by atoms with E-state index in [4.69, 9.17) is 19.7 Å². The van der Waals surface area contributed by atoms with E-state index in [1.807, 2.05) is 35.2 Å². The van der Waals surface area contributed by atoms with Crippen LogP contribution in [0.2, 0.25) is 0 Å². The minimum absolute atomic E-state index is 0.138. The fourth-order valence-corrected chi connectivity index (χ4v) is 3.71. The van der Waals surface area contributed by atoms with E-state index < -0.39 is 11.9 Å². The number of nitrogens with zero attached hydrogens (tertiary/aromatic N) is 2. The van der Waals surface area contributed by atoms with Gasteiger partial charge in [0.1, 0.15) is 0 Å². The number of likely N-dealkylation sites (N-methyl/N-ethyl adjacent to an activating group) is 1. The van der Waals surface area contributed by atoms with E-state index in [0.29, 0.717) is 36.6 Å². The number of carboxylic acid groups (broad SMARTS) is 2. The molecule has 3 rings (SSSR count). The number of amides is 1. The third kappa shape index (κ3) is 8.15. The Balaban J connectivity index is 0.000000466. The largest absolute Gasteiger partial charge is 0.493 e. The summed E-state index contributed by atoms with van der Waals surface area (Å²) in [7, 11) is 7.38. The summed E-state index contributed by atoms with van der Waals surface area (Å²) in [6.07, 6.45) is 3.22. The van der Waals surface area contributed by atoms with Crippen LogP contribution < -0.4 is 14.4 Å². The highest BCUT2D eigenvalue weighted by Crippen LogP contribution is 2.38. The zero-order valence-corrected chi connectivity index (χ0v) is 20.4. The zero-order chi connectivity index (χ0) is 26.0. The second-order valence-corrected chi connectivity index (χ2v) is 8.16. The molecule has 1 heterocycles. The van der Waals surface area contributed by atoms with Crippen LogP contribution in [-0.2, 0) is 27.2 Å². The van der Waals surface area contributed by atoms with Gasteiger partial charge in [-0.25, -0.2) is 9.59 Å². The van der Waals surface area contributed by atoms with Crippen molar-refractivity contribution in [2.75, 3.05) is 39.8 Å². The van der Waals surface area contributed by atoms with E-state index >= 15 is 0 Å². The van der Waals surface area contributed by atoms with Crippen molar-refractivity contribution in [3.63, 3.8) is 0 Å². The molecule has 0 saturated heterocycles. The smallest absolute Gasteiger partial charge is 0.328 e. The molecule has 1 amide bonds. The van der Waals surface area contributed by atoms with Crippen molar-refractivity contribution in [2.45, 2.75) is 25.3 Å². The van der Waals surface area contributed by atoms with E-state index in [9.17, 15) is 14.4 Å². The third-order valence-corrected chi connectivity index (χ3v) is 5.59. The van der Waals surface area contributed by atoms with E-state index in [1.54, 1.807) is 14.2 Å². The number of benzene rings is 2. The molecule has 1 atom stereocenters. The molecule has 2 aromatic rings. The molecule has 0 radical (unpaired) electrons. The monoisotopic (exact) mass is 484 g/mol. The van der Waals surface area contributed by atoms with Gasteiger partial charge in [-0.15, -0.1) is 0 Å². The predicted octanol–water partition coefficient (Wildman–Crippen LogP) is 2.87. The normalized spacial score (nSPS) is 14.7. The van der Waals surface area contributed by atoms with Gasteiger partial charge in [-0.05, 0) is 44.1 Å². The first-order valence-corrected chi connectivity index (χ1v) is 11.1. The molecule has 188 valence electrons. The molecule has 9 nitrogen and oxygen atoms in total. The van der Waals surface area contributed by atoms with Crippen LogP contribution in [0.3, 0.4) is 0 Å². The molecular formula is C26H32N2O7. The number of carbonyl (C=O) groups is 3. The average molecular weight is 485 g/mol. The summed E-state index contributed by atoms with van der Waals surface area (Å²) in [6, 6.07) is 14.3. The van der Waals surface area contributed by atoms with Crippen molar-refractivity contribution in [3.8, 4) is 11.5 Å². The lowest BCUT2D eigenvalue weighted by Crippen LogP contribution is -2.48. The number of rotatable bonds is 8. The van der Waals surface area contributed by atoms with Gasteiger partial charge < -0.3 is 29.5 Å². The zero-order valence-electron chi connectivity index (χ0n) is 20.4. The maximum Gasteiger partial charge on any atom is 0.328 e. The molecular weight excluding hydrogens is 452 g/mol. The molecule has 35 heavy (non-hydrogen) atoms. The van der Waals surface area contributed by atoms with Crippen molar-refractivity contribution >= 4 is 23.5 Å². The van der Waals surface area contributed by atoms with Gasteiger partial charge in [-0.3, -0.25) is 4.79 Å². The lowest BCUT2D eigenvalue weighted by molar-refractivity contribution is -0.134. The number of aryl methyl sites for hydroxylation is 1. The van der Waals surface area contributed by atoms with Crippen molar-refractivity contribution in [3.05, 3.63) is 65.7 Å². The number of hydrogen-bond acceptors (Lipinski definition) is 6. The van der Waals surface area contributed by atoms with Crippen LogP contribution in [0.25, 0.3) is 0 Å². The van der Waals surface area contributed by atoms with Gasteiger partial charge in [0, 0.05) is 37.2 Å². The highest BCUT2D eigenvalue weighted by molar-refractivity contribution is 5.95. The highest BCUT2D eigenvalue weighted by atomic mass is 16.5. The molecule has 0 aliphatic carbocycles. The second kappa shape index (κ2) is 13.1. The Morgan fingerprint density at radius 1 is 1.00 bits per heavy atom. The molecule has 0 spiro atoms. The number of carbonyl (C=O) groups excluding carboxylic acids is 1. The van der Waals surface area contributed by atoms with Crippen LogP contribution >= 0.6 is 0 Å². The molecule has 1 aliphatic rings. The molecule has 0 bridgehead atoms. The molecule has 1 aliphatic heterocycles. The van der Waals surface area contributed by atoms with Gasteiger partial charge >= 0.3 is 11.9 Å². The van der Waals surface area contributed by atoms with Gasteiger partial charge in [0.25, 0.3) is 0 Å². The van der Waals surface area contributed by atoms with Crippen LogP contribution in [0.1, 0.15) is 17.5 Å². The Morgan fingerprint density at radius 3 is 2.09 bits per heavy atom. The van der Waals surface area contributed by atoms with E-state index in [-0.39, 0.29) is 11.9 Å². The maximum atomic E-state index is 13.1. The topological polar surface area (TPSA) is 117 Å². The lowest BCUT2D eigenvalue weighted by atomic mass is 9.95. The Labute approximate surface area is 205 Å². The van der Waals surface area contributed by atoms with Crippen LogP contribution in [0.15, 0.2) is 54.6 Å². The van der Waals surface area contributed by atoms with Gasteiger partial charge in [-0.2, -0.15) is 0 Å². The van der Waals surface area contributed by atoms with Gasteiger partial charge in [-0.1, -0.05) is 30.3 Å². The Kier molecular flexibility index (Phi) is 10.3. The van der Waals surface area contributed by atoms with Crippen molar-refractivity contribution in [1.29, 1.82) is 0 Å². The molecule has 2 aromatic carbocycles. The number of anilines is 1. The molecule has 0 aromatic heterocycles. The van der Waals surface area contributed by atoms with Crippen molar-refractivity contribution < 1.29 is 34.1 Å². The van der Waals surface area contributed by atoms with E-state index in [1.165, 1.54) is 5.56 Å². The van der Waals surface area contributed by atoms with Crippen molar-refractivity contribution in [1.82, 2.24) is 4.90 Å². The van der Waals surface area contributed by atoms with Crippen LogP contribution in [0, 0.1) is 0 Å². The maximum absolute atomic E-state index is 13.1. The molecule has 0 saturated carbocycles. The fourth-order valence-electron chi connectivity index (χ4n) is 3.71. The first-order valence-electron chi connectivity index (χ1n) is 11.1. The number of hydrogen-bond donors (Lipinski definition) is 2. The van der Waals surface area contributed by atoms with Gasteiger partial charge in [0.05, 0.1) is 19.9 Å². The van der Waals surface area contributed by atoms with Crippen LogP contribution in [0.4, 0.5) is 5.69 Å². The second-order valence-electron chi connectivity index (χ2n) is 8.16. The van der Waals surface area contributed by atoms with Crippen LogP contribution in [0.5, 0.6) is 11.5 Å². The number of ether oxygens (including phenoxy) is 2. The third-order valence-electron chi connectivity index (χ3n) is 5.59. The number of aliphatic carboxylic acids is 2. The molecule has 0 fully saturated rings. The minimum Gasteiger partial charge on any atom is -0.493 e. The number of fused-ring (bicyclic) bond motifs is 1. The van der Waals surface area contributed by atoms with E-state index in [2.05, 4.69) is 31.1 Å². The van der Waals surface area contributed by atoms with E-state index in [0.717, 1.165) is 24.1 Å². The first-order chi connectivity index (χ1) is 16.7. The standard InChI is InChI=1S/C22H28N2O3.C4H4O4/c1-23(2)18-12-17-13-20(26-3)21(27-4)14-19(17)24(15-18)22(25)11-10-16-8-6-5-7-9-16;5-3(6)1-2-4(7)8/h5-9,13-14,18H,10-12,15H2,1-4H3;1-2H,(H,5,6)(H,7,8)/b;2-1-. The summed E-state index contributed by atoms with van der Waals surface area (Å²) in [5.74, 6) is -1.02. The molecule has 9 heteroatoms. The van der Waals surface area contributed by atoms with Gasteiger partial charge in [0.15, 0.2) is 11.5 Å². The average Bonchev–Trinajstić information content (AvgIpc) is 2.85. The summed E-state index contributed by atoms with van der Waals surface area (Å²) < 4.78 is 10.9.